The largest absolute Gasteiger partial charge is 0.229 e. The summed E-state index contributed by atoms with van der Waals surface area (Å²) in [7, 11) is -3.10. The molecule has 2 unspecified atom stereocenters. The van der Waals surface area contributed by atoms with Crippen LogP contribution in [0.2, 0.25) is 0 Å². The smallest absolute Gasteiger partial charge is 0.151 e. The Kier molecular flexibility index (Phi) is 3.50. The Hall–Kier alpha value is -0.540. The fourth-order valence-corrected chi connectivity index (χ4v) is 3.54. The van der Waals surface area contributed by atoms with Gasteiger partial charge in [0.05, 0.1) is 10.6 Å². The van der Waals surface area contributed by atoms with Crippen LogP contribution in [-0.2, 0) is 22.7 Å². The average molecular weight is 273 g/mol. The highest BCUT2D eigenvalue weighted by Gasteiger charge is 2.26. The number of alkyl halides is 1. The highest BCUT2D eigenvalue weighted by atomic mass is 35.5. The highest BCUT2D eigenvalue weighted by molar-refractivity contribution is 7.91. The second-order valence-corrected chi connectivity index (χ2v) is 7.69. The van der Waals surface area contributed by atoms with Crippen molar-refractivity contribution >= 4 is 21.4 Å². The predicted octanol–water partition coefficient (Wildman–Crippen LogP) is 2.89. The van der Waals surface area contributed by atoms with E-state index in [-0.39, 0.29) is 0 Å². The molecule has 0 amide bonds. The number of sulfone groups is 1. The van der Waals surface area contributed by atoms with Crippen molar-refractivity contribution in [1.82, 2.24) is 0 Å². The van der Waals surface area contributed by atoms with Gasteiger partial charge in [-0.05, 0) is 42.9 Å². The van der Waals surface area contributed by atoms with Crippen molar-refractivity contribution in [3.05, 3.63) is 34.9 Å². The predicted molar refractivity (Wildman–Crippen MR) is 71.4 cm³/mol. The lowest BCUT2D eigenvalue weighted by molar-refractivity contribution is 0.587. The maximum atomic E-state index is 11.5. The lowest BCUT2D eigenvalue weighted by Gasteiger charge is -2.17. The molecule has 0 aliphatic heterocycles. The van der Waals surface area contributed by atoms with Gasteiger partial charge in [0, 0.05) is 6.26 Å². The van der Waals surface area contributed by atoms with Crippen LogP contribution in [0.1, 0.15) is 35.4 Å². The Morgan fingerprint density at radius 2 is 1.88 bits per heavy atom. The molecule has 1 aliphatic rings. The minimum absolute atomic E-state index is 0.462. The normalized spacial score (nSPS) is 18.8. The molecule has 0 heterocycles. The zero-order chi connectivity index (χ0) is 12.6. The van der Waals surface area contributed by atoms with E-state index in [0.717, 1.165) is 18.4 Å². The number of benzene rings is 1. The second kappa shape index (κ2) is 4.62. The van der Waals surface area contributed by atoms with Gasteiger partial charge in [0.1, 0.15) is 0 Å². The van der Waals surface area contributed by atoms with Crippen molar-refractivity contribution in [2.45, 2.75) is 36.8 Å². The first-order valence-electron chi connectivity index (χ1n) is 5.84. The van der Waals surface area contributed by atoms with E-state index in [0.29, 0.717) is 0 Å². The molecule has 0 N–H and O–H groups in total. The Balaban J connectivity index is 2.29. The van der Waals surface area contributed by atoms with Crippen molar-refractivity contribution in [3.63, 3.8) is 0 Å². The van der Waals surface area contributed by atoms with Crippen LogP contribution < -0.4 is 0 Å². The van der Waals surface area contributed by atoms with E-state index in [1.807, 2.05) is 6.07 Å². The fraction of sp³-hybridized carbons (Fsp3) is 0.538. The van der Waals surface area contributed by atoms with E-state index >= 15 is 0 Å². The minimum atomic E-state index is -3.10. The molecule has 1 aliphatic carbocycles. The van der Waals surface area contributed by atoms with E-state index < -0.39 is 20.5 Å². The van der Waals surface area contributed by atoms with Gasteiger partial charge in [-0.3, -0.25) is 0 Å². The molecule has 94 valence electrons. The molecular weight excluding hydrogens is 256 g/mol. The Morgan fingerprint density at radius 3 is 2.53 bits per heavy atom. The van der Waals surface area contributed by atoms with Crippen LogP contribution in [0.4, 0.5) is 0 Å². The molecule has 0 fully saturated rings. The van der Waals surface area contributed by atoms with Crippen LogP contribution in [0.25, 0.3) is 0 Å². The molecule has 4 heteroatoms. The summed E-state index contributed by atoms with van der Waals surface area (Å²) in [5, 5.41) is -1.01. The SMILES string of the molecule is CC(C(Cl)c1ccc2c(c1)CCC2)S(C)(=O)=O. The number of hydrogen-bond donors (Lipinski definition) is 0. The molecule has 1 aromatic rings. The summed E-state index contributed by atoms with van der Waals surface area (Å²) in [6.45, 7) is 1.67. The number of aryl methyl sites for hydroxylation is 2. The van der Waals surface area contributed by atoms with Gasteiger partial charge in [0.2, 0.25) is 0 Å². The van der Waals surface area contributed by atoms with Gasteiger partial charge in [0.15, 0.2) is 9.84 Å². The fourth-order valence-electron chi connectivity index (χ4n) is 2.25. The molecule has 2 atom stereocenters. The Bertz CT molecular complexity index is 522. The van der Waals surface area contributed by atoms with Gasteiger partial charge < -0.3 is 0 Å². The van der Waals surface area contributed by atoms with Crippen LogP contribution in [0.5, 0.6) is 0 Å². The lowest BCUT2D eigenvalue weighted by Crippen LogP contribution is -2.21. The van der Waals surface area contributed by atoms with Gasteiger partial charge >= 0.3 is 0 Å². The standard InChI is InChI=1S/C13H17ClO2S/c1-9(17(2,15)16)13(14)12-7-6-10-4-3-5-11(10)8-12/h6-9,13H,3-5H2,1-2H3. The van der Waals surface area contributed by atoms with Crippen molar-refractivity contribution in [2.75, 3.05) is 6.26 Å². The average Bonchev–Trinajstić information content (AvgIpc) is 2.72. The quantitative estimate of drug-likeness (QED) is 0.793. The van der Waals surface area contributed by atoms with E-state index in [4.69, 9.17) is 11.6 Å². The summed E-state index contributed by atoms with van der Waals surface area (Å²) in [5.74, 6) is 0. The third kappa shape index (κ3) is 2.66. The van der Waals surface area contributed by atoms with Gasteiger partial charge in [-0.15, -0.1) is 11.6 Å². The number of fused-ring (bicyclic) bond motifs is 1. The molecule has 1 aromatic carbocycles. The molecule has 0 aromatic heterocycles. The molecule has 0 saturated carbocycles. The van der Waals surface area contributed by atoms with E-state index in [9.17, 15) is 8.42 Å². The van der Waals surface area contributed by atoms with Crippen LogP contribution >= 0.6 is 11.6 Å². The molecule has 2 rings (SSSR count). The molecule has 17 heavy (non-hydrogen) atoms. The van der Waals surface area contributed by atoms with E-state index in [2.05, 4.69) is 12.1 Å². The van der Waals surface area contributed by atoms with Crippen molar-refractivity contribution in [1.29, 1.82) is 0 Å². The number of hydrogen-bond acceptors (Lipinski definition) is 2. The summed E-state index contributed by atoms with van der Waals surface area (Å²) in [5.41, 5.74) is 3.63. The Morgan fingerprint density at radius 1 is 1.24 bits per heavy atom. The monoisotopic (exact) mass is 272 g/mol. The second-order valence-electron chi connectivity index (χ2n) is 4.82. The van der Waals surface area contributed by atoms with Crippen LogP contribution in [0.15, 0.2) is 18.2 Å². The molecule has 0 radical (unpaired) electrons. The van der Waals surface area contributed by atoms with Crippen molar-refractivity contribution in [3.8, 4) is 0 Å². The molecular formula is C13H17ClO2S. The Labute approximate surface area is 108 Å². The third-order valence-electron chi connectivity index (χ3n) is 3.53. The minimum Gasteiger partial charge on any atom is -0.229 e. The van der Waals surface area contributed by atoms with Gasteiger partial charge in [-0.2, -0.15) is 0 Å². The number of halogens is 1. The number of rotatable bonds is 3. The summed E-state index contributed by atoms with van der Waals surface area (Å²) in [6, 6.07) is 6.12. The topological polar surface area (TPSA) is 34.1 Å². The highest BCUT2D eigenvalue weighted by Crippen LogP contribution is 2.32. The maximum Gasteiger partial charge on any atom is 0.151 e. The first-order chi connectivity index (χ1) is 7.89. The van der Waals surface area contributed by atoms with E-state index in [1.165, 1.54) is 23.8 Å². The zero-order valence-corrected chi connectivity index (χ0v) is 11.7. The zero-order valence-electron chi connectivity index (χ0n) is 10.1. The van der Waals surface area contributed by atoms with Crippen molar-refractivity contribution < 1.29 is 8.42 Å². The van der Waals surface area contributed by atoms with Crippen LogP contribution in [-0.4, -0.2) is 19.9 Å². The molecule has 0 saturated heterocycles. The van der Waals surface area contributed by atoms with Gasteiger partial charge in [-0.25, -0.2) is 8.42 Å². The molecule has 0 spiro atoms. The van der Waals surface area contributed by atoms with E-state index in [1.54, 1.807) is 6.92 Å². The molecule has 0 bridgehead atoms. The third-order valence-corrected chi connectivity index (χ3v) is 5.93. The summed E-state index contributed by atoms with van der Waals surface area (Å²) in [4.78, 5) is 0. The first-order valence-corrected chi connectivity index (χ1v) is 8.23. The summed E-state index contributed by atoms with van der Waals surface area (Å²) in [6.07, 6.45) is 4.64. The van der Waals surface area contributed by atoms with Crippen LogP contribution in [0.3, 0.4) is 0 Å². The lowest BCUT2D eigenvalue weighted by atomic mass is 10.0. The maximum absolute atomic E-state index is 11.5. The molecule has 2 nitrogen and oxygen atoms in total. The summed E-state index contributed by atoms with van der Waals surface area (Å²) >= 11 is 6.26. The van der Waals surface area contributed by atoms with Gasteiger partial charge in [-0.1, -0.05) is 18.2 Å². The first kappa shape index (κ1) is 12.9. The van der Waals surface area contributed by atoms with Crippen molar-refractivity contribution in [2.24, 2.45) is 0 Å². The summed E-state index contributed by atoms with van der Waals surface area (Å²) < 4.78 is 23.0. The van der Waals surface area contributed by atoms with Gasteiger partial charge in [0.25, 0.3) is 0 Å². The van der Waals surface area contributed by atoms with Crippen LogP contribution in [0, 0.1) is 0 Å².